The van der Waals surface area contributed by atoms with Crippen molar-refractivity contribution in [2.75, 3.05) is 32.7 Å². The lowest BCUT2D eigenvalue weighted by molar-refractivity contribution is -0.146. The maximum atomic E-state index is 12.4. The average Bonchev–Trinajstić information content (AvgIpc) is 2.49. The zero-order valence-corrected chi connectivity index (χ0v) is 13.1. The SMILES string of the molecule is CCN1CCN(C(=O)NC2(C(=O)O)CCC(C)CC2)CC1. The molecule has 0 spiro atoms. The van der Waals surface area contributed by atoms with E-state index >= 15 is 0 Å². The van der Waals surface area contributed by atoms with E-state index in [0.29, 0.717) is 31.8 Å². The van der Waals surface area contributed by atoms with Crippen LogP contribution in [0, 0.1) is 5.92 Å². The Hall–Kier alpha value is -1.30. The standard InChI is InChI=1S/C15H27N3O3/c1-3-17-8-10-18(11-9-17)14(21)16-15(13(19)20)6-4-12(2)5-7-15/h12H,3-11H2,1-2H3,(H,16,21)(H,19,20). The summed E-state index contributed by atoms with van der Waals surface area (Å²) >= 11 is 0. The van der Waals surface area contributed by atoms with Gasteiger partial charge in [-0.3, -0.25) is 0 Å². The van der Waals surface area contributed by atoms with E-state index in [1.54, 1.807) is 4.90 Å². The quantitative estimate of drug-likeness (QED) is 0.825. The number of carboxylic acid groups (broad SMARTS) is 1. The average molecular weight is 297 g/mol. The van der Waals surface area contributed by atoms with Gasteiger partial charge in [0.25, 0.3) is 0 Å². The molecule has 0 radical (unpaired) electrons. The molecule has 6 heteroatoms. The van der Waals surface area contributed by atoms with Crippen LogP contribution in [0.3, 0.4) is 0 Å². The van der Waals surface area contributed by atoms with E-state index < -0.39 is 11.5 Å². The second-order valence-corrected chi connectivity index (χ2v) is 6.42. The monoisotopic (exact) mass is 297 g/mol. The van der Waals surface area contributed by atoms with Gasteiger partial charge in [-0.05, 0) is 38.1 Å². The molecule has 2 aliphatic rings. The number of hydrogen-bond acceptors (Lipinski definition) is 3. The predicted molar refractivity (Wildman–Crippen MR) is 80.2 cm³/mol. The summed E-state index contributed by atoms with van der Waals surface area (Å²) in [5.74, 6) is -0.350. The lowest BCUT2D eigenvalue weighted by Crippen LogP contribution is -2.61. The molecule has 2 rings (SSSR count). The lowest BCUT2D eigenvalue weighted by Gasteiger charge is -2.40. The summed E-state index contributed by atoms with van der Waals surface area (Å²) in [6.45, 7) is 8.31. The Labute approximate surface area is 126 Å². The molecule has 0 aromatic heterocycles. The van der Waals surface area contributed by atoms with Crippen molar-refractivity contribution < 1.29 is 14.7 Å². The van der Waals surface area contributed by atoms with Crippen LogP contribution < -0.4 is 5.32 Å². The molecule has 1 heterocycles. The molecular weight excluding hydrogens is 270 g/mol. The van der Waals surface area contributed by atoms with Gasteiger partial charge in [0, 0.05) is 26.2 Å². The smallest absolute Gasteiger partial charge is 0.329 e. The number of piperazine rings is 1. The molecule has 21 heavy (non-hydrogen) atoms. The maximum Gasteiger partial charge on any atom is 0.329 e. The predicted octanol–water partition coefficient (Wildman–Crippen LogP) is 1.37. The molecule has 2 N–H and O–H groups in total. The molecule has 2 fully saturated rings. The molecule has 0 atom stereocenters. The second kappa shape index (κ2) is 6.64. The molecular formula is C15H27N3O3. The van der Waals surface area contributed by atoms with Crippen molar-refractivity contribution in [2.24, 2.45) is 5.92 Å². The summed E-state index contributed by atoms with van der Waals surface area (Å²) in [5, 5.41) is 12.4. The van der Waals surface area contributed by atoms with E-state index in [0.717, 1.165) is 32.5 Å². The summed E-state index contributed by atoms with van der Waals surface area (Å²) < 4.78 is 0. The van der Waals surface area contributed by atoms with Gasteiger partial charge >= 0.3 is 12.0 Å². The first-order valence-electron chi connectivity index (χ1n) is 7.99. The van der Waals surface area contributed by atoms with Crippen LogP contribution in [-0.4, -0.2) is 65.2 Å². The maximum absolute atomic E-state index is 12.4. The van der Waals surface area contributed by atoms with Crippen molar-refractivity contribution in [3.05, 3.63) is 0 Å². The number of hydrogen-bond donors (Lipinski definition) is 2. The summed E-state index contributed by atoms with van der Waals surface area (Å²) in [6.07, 6.45) is 2.78. The van der Waals surface area contributed by atoms with E-state index in [4.69, 9.17) is 0 Å². The number of amides is 2. The number of urea groups is 1. The highest BCUT2D eigenvalue weighted by molar-refractivity contribution is 5.86. The highest BCUT2D eigenvalue weighted by Crippen LogP contribution is 2.32. The topological polar surface area (TPSA) is 72.9 Å². The Bertz CT molecular complexity index is 384. The van der Waals surface area contributed by atoms with Crippen LogP contribution in [0.25, 0.3) is 0 Å². The number of likely N-dealkylation sites (N-methyl/N-ethyl adjacent to an activating group) is 1. The van der Waals surface area contributed by atoms with Gasteiger partial charge in [-0.1, -0.05) is 13.8 Å². The van der Waals surface area contributed by atoms with Gasteiger partial charge < -0.3 is 20.2 Å². The fraction of sp³-hybridized carbons (Fsp3) is 0.867. The first-order chi connectivity index (χ1) is 9.97. The van der Waals surface area contributed by atoms with Crippen LogP contribution >= 0.6 is 0 Å². The van der Waals surface area contributed by atoms with E-state index in [1.807, 2.05) is 0 Å². The van der Waals surface area contributed by atoms with E-state index in [2.05, 4.69) is 24.1 Å². The molecule has 1 saturated carbocycles. The van der Waals surface area contributed by atoms with Crippen molar-refractivity contribution in [2.45, 2.75) is 45.1 Å². The Morgan fingerprint density at radius 3 is 2.24 bits per heavy atom. The third kappa shape index (κ3) is 3.67. The summed E-state index contributed by atoms with van der Waals surface area (Å²) in [4.78, 5) is 28.1. The molecule has 0 bridgehead atoms. The largest absolute Gasteiger partial charge is 0.480 e. The van der Waals surface area contributed by atoms with Gasteiger partial charge in [0.2, 0.25) is 0 Å². The minimum Gasteiger partial charge on any atom is -0.480 e. The normalized spacial score (nSPS) is 31.0. The highest BCUT2D eigenvalue weighted by Gasteiger charge is 2.43. The molecule has 0 aromatic carbocycles. The number of rotatable bonds is 3. The number of carboxylic acids is 1. The van der Waals surface area contributed by atoms with Crippen LogP contribution in [0.15, 0.2) is 0 Å². The van der Waals surface area contributed by atoms with Crippen molar-refractivity contribution in [3.8, 4) is 0 Å². The van der Waals surface area contributed by atoms with Crippen molar-refractivity contribution in [1.29, 1.82) is 0 Å². The molecule has 120 valence electrons. The number of nitrogens with one attached hydrogen (secondary N) is 1. The second-order valence-electron chi connectivity index (χ2n) is 6.42. The van der Waals surface area contributed by atoms with Gasteiger partial charge in [0.1, 0.15) is 5.54 Å². The van der Waals surface area contributed by atoms with E-state index in [9.17, 15) is 14.7 Å². The molecule has 1 aliphatic carbocycles. The van der Waals surface area contributed by atoms with E-state index in [-0.39, 0.29) is 6.03 Å². The van der Waals surface area contributed by atoms with Crippen molar-refractivity contribution >= 4 is 12.0 Å². The molecule has 6 nitrogen and oxygen atoms in total. The molecule has 1 saturated heterocycles. The third-order valence-electron chi connectivity index (χ3n) is 4.99. The zero-order valence-electron chi connectivity index (χ0n) is 13.1. The Morgan fingerprint density at radius 2 is 1.76 bits per heavy atom. The van der Waals surface area contributed by atoms with Gasteiger partial charge in [-0.2, -0.15) is 0 Å². The highest BCUT2D eigenvalue weighted by atomic mass is 16.4. The number of carbonyl (C=O) groups excluding carboxylic acids is 1. The number of aliphatic carboxylic acids is 1. The molecule has 0 aromatic rings. The molecule has 1 aliphatic heterocycles. The molecule has 2 amide bonds. The minimum atomic E-state index is -1.06. The van der Waals surface area contributed by atoms with Crippen LogP contribution in [0.4, 0.5) is 4.79 Å². The molecule has 0 unspecified atom stereocenters. The van der Waals surface area contributed by atoms with Crippen molar-refractivity contribution in [3.63, 3.8) is 0 Å². The number of carbonyl (C=O) groups is 2. The lowest BCUT2D eigenvalue weighted by atomic mass is 9.77. The van der Waals surface area contributed by atoms with Crippen LogP contribution in [0.2, 0.25) is 0 Å². The van der Waals surface area contributed by atoms with Crippen LogP contribution in [0.5, 0.6) is 0 Å². The Balaban J connectivity index is 1.95. The van der Waals surface area contributed by atoms with Crippen LogP contribution in [0.1, 0.15) is 39.5 Å². The summed E-state index contributed by atoms with van der Waals surface area (Å²) in [5.41, 5.74) is -1.06. The minimum absolute atomic E-state index is 0.220. The first kappa shape index (κ1) is 16.1. The van der Waals surface area contributed by atoms with Gasteiger partial charge in [-0.15, -0.1) is 0 Å². The van der Waals surface area contributed by atoms with Gasteiger partial charge in [0.05, 0.1) is 0 Å². The first-order valence-corrected chi connectivity index (χ1v) is 7.99. The zero-order chi connectivity index (χ0) is 15.5. The Morgan fingerprint density at radius 1 is 1.19 bits per heavy atom. The fourth-order valence-electron chi connectivity index (χ4n) is 3.20. The summed E-state index contributed by atoms with van der Waals surface area (Å²) in [7, 11) is 0. The van der Waals surface area contributed by atoms with Crippen LogP contribution in [-0.2, 0) is 4.79 Å². The Kier molecular flexibility index (Phi) is 5.08. The van der Waals surface area contributed by atoms with Gasteiger partial charge in [-0.25, -0.2) is 9.59 Å². The van der Waals surface area contributed by atoms with Crippen molar-refractivity contribution in [1.82, 2.24) is 15.1 Å². The third-order valence-corrected chi connectivity index (χ3v) is 4.99. The van der Waals surface area contributed by atoms with E-state index in [1.165, 1.54) is 0 Å². The summed E-state index contributed by atoms with van der Waals surface area (Å²) in [6, 6.07) is -0.220. The van der Waals surface area contributed by atoms with Gasteiger partial charge in [0.15, 0.2) is 0 Å². The number of nitrogens with zero attached hydrogens (tertiary/aromatic N) is 2. The fourth-order valence-corrected chi connectivity index (χ4v) is 3.20.